The van der Waals surface area contributed by atoms with Crippen LogP contribution < -0.4 is 15.0 Å². The van der Waals surface area contributed by atoms with Gasteiger partial charge in [0.15, 0.2) is 0 Å². The monoisotopic (exact) mass is 326 g/mol. The van der Waals surface area contributed by atoms with Crippen LogP contribution in [0.25, 0.3) is 0 Å². The lowest BCUT2D eigenvalue weighted by atomic mass is 10.2. The zero-order valence-electron chi connectivity index (χ0n) is 14.6. The van der Waals surface area contributed by atoms with Crippen molar-refractivity contribution < 1.29 is 4.74 Å². The number of nitrogens with zero attached hydrogens (tertiary/aromatic N) is 3. The summed E-state index contributed by atoms with van der Waals surface area (Å²) in [6.07, 6.45) is 5.08. The first-order valence-corrected chi connectivity index (χ1v) is 8.72. The summed E-state index contributed by atoms with van der Waals surface area (Å²) in [7, 11) is 1.68. The molecule has 0 radical (unpaired) electrons. The SMILES string of the molecule is COc1ccc(CNc2cc(C)nc(N3CCCCCC3)n2)cc1. The molecule has 1 aromatic carbocycles. The Balaban J connectivity index is 1.68. The van der Waals surface area contributed by atoms with Crippen LogP contribution in [-0.4, -0.2) is 30.2 Å². The summed E-state index contributed by atoms with van der Waals surface area (Å²) in [6, 6.07) is 10.1. The average molecular weight is 326 g/mol. The molecule has 1 N–H and O–H groups in total. The quantitative estimate of drug-likeness (QED) is 0.906. The molecule has 128 valence electrons. The second kappa shape index (κ2) is 7.99. The Morgan fingerprint density at radius 3 is 2.42 bits per heavy atom. The van der Waals surface area contributed by atoms with Gasteiger partial charge in [-0.25, -0.2) is 4.98 Å². The predicted octanol–water partition coefficient (Wildman–Crippen LogP) is 3.79. The van der Waals surface area contributed by atoms with Crippen molar-refractivity contribution in [2.24, 2.45) is 0 Å². The Kier molecular flexibility index (Phi) is 5.51. The summed E-state index contributed by atoms with van der Waals surface area (Å²) in [6.45, 7) is 4.88. The lowest BCUT2D eigenvalue weighted by Gasteiger charge is -2.21. The van der Waals surface area contributed by atoms with Crippen molar-refractivity contribution in [3.63, 3.8) is 0 Å². The molecule has 1 fully saturated rings. The fraction of sp³-hybridized carbons (Fsp3) is 0.474. The number of hydrogen-bond acceptors (Lipinski definition) is 5. The normalized spacial score (nSPS) is 15.0. The molecule has 0 saturated carbocycles. The summed E-state index contributed by atoms with van der Waals surface area (Å²) in [5, 5.41) is 3.42. The lowest BCUT2D eigenvalue weighted by molar-refractivity contribution is 0.414. The van der Waals surface area contributed by atoms with Crippen LogP contribution in [0.4, 0.5) is 11.8 Å². The number of ether oxygens (including phenoxy) is 1. The van der Waals surface area contributed by atoms with Crippen molar-refractivity contribution in [3.8, 4) is 5.75 Å². The molecule has 0 amide bonds. The van der Waals surface area contributed by atoms with E-state index in [0.29, 0.717) is 0 Å². The maximum absolute atomic E-state index is 5.19. The summed E-state index contributed by atoms with van der Waals surface area (Å²) in [4.78, 5) is 11.7. The van der Waals surface area contributed by atoms with Gasteiger partial charge in [-0.1, -0.05) is 25.0 Å². The molecule has 2 heterocycles. The second-order valence-electron chi connectivity index (χ2n) is 6.30. The van der Waals surface area contributed by atoms with E-state index in [1.807, 2.05) is 25.1 Å². The van der Waals surface area contributed by atoms with E-state index in [9.17, 15) is 0 Å². The molecule has 0 spiro atoms. The van der Waals surface area contributed by atoms with Crippen molar-refractivity contribution in [2.45, 2.75) is 39.2 Å². The van der Waals surface area contributed by atoms with Crippen molar-refractivity contribution in [3.05, 3.63) is 41.6 Å². The maximum atomic E-state index is 5.19. The largest absolute Gasteiger partial charge is 0.497 e. The highest BCUT2D eigenvalue weighted by Crippen LogP contribution is 2.19. The fourth-order valence-electron chi connectivity index (χ4n) is 2.99. The lowest BCUT2D eigenvalue weighted by Crippen LogP contribution is -2.26. The van der Waals surface area contributed by atoms with Crippen molar-refractivity contribution in [2.75, 3.05) is 30.4 Å². The van der Waals surface area contributed by atoms with Gasteiger partial charge in [-0.2, -0.15) is 4.98 Å². The van der Waals surface area contributed by atoms with E-state index in [1.165, 1.54) is 31.2 Å². The molecule has 0 atom stereocenters. The summed E-state index contributed by atoms with van der Waals surface area (Å²) in [5.41, 5.74) is 2.20. The minimum atomic E-state index is 0.736. The first-order valence-electron chi connectivity index (χ1n) is 8.72. The van der Waals surface area contributed by atoms with Gasteiger partial charge in [-0.15, -0.1) is 0 Å². The smallest absolute Gasteiger partial charge is 0.227 e. The number of aromatic nitrogens is 2. The fourth-order valence-corrected chi connectivity index (χ4v) is 2.99. The zero-order valence-corrected chi connectivity index (χ0v) is 14.6. The van der Waals surface area contributed by atoms with E-state index in [-0.39, 0.29) is 0 Å². The van der Waals surface area contributed by atoms with Crippen LogP contribution in [0, 0.1) is 6.92 Å². The van der Waals surface area contributed by atoms with Gasteiger partial charge in [0.25, 0.3) is 0 Å². The average Bonchev–Trinajstić information content (AvgIpc) is 2.89. The number of benzene rings is 1. The molecule has 0 aliphatic carbocycles. The minimum absolute atomic E-state index is 0.736. The minimum Gasteiger partial charge on any atom is -0.497 e. The van der Waals surface area contributed by atoms with Crippen LogP contribution in [0.2, 0.25) is 0 Å². The van der Waals surface area contributed by atoms with Crippen LogP contribution in [0.3, 0.4) is 0 Å². The van der Waals surface area contributed by atoms with Gasteiger partial charge in [0.1, 0.15) is 11.6 Å². The highest BCUT2D eigenvalue weighted by molar-refractivity contribution is 5.44. The number of rotatable bonds is 5. The molecule has 24 heavy (non-hydrogen) atoms. The summed E-state index contributed by atoms with van der Waals surface area (Å²) >= 11 is 0. The Labute approximate surface area is 144 Å². The van der Waals surface area contributed by atoms with Crippen LogP contribution >= 0.6 is 0 Å². The van der Waals surface area contributed by atoms with Crippen molar-refractivity contribution in [1.29, 1.82) is 0 Å². The first-order chi connectivity index (χ1) is 11.7. The molecule has 5 nitrogen and oxygen atoms in total. The topological polar surface area (TPSA) is 50.3 Å². The number of hydrogen-bond donors (Lipinski definition) is 1. The standard InChI is InChI=1S/C19H26N4O/c1-15-13-18(20-14-16-7-9-17(24-2)10-8-16)22-19(21-15)23-11-5-3-4-6-12-23/h7-10,13H,3-6,11-12,14H2,1-2H3,(H,20,21,22). The van der Waals surface area contributed by atoms with Gasteiger partial charge in [0.05, 0.1) is 7.11 Å². The van der Waals surface area contributed by atoms with Gasteiger partial charge < -0.3 is 15.0 Å². The predicted molar refractivity (Wildman–Crippen MR) is 97.8 cm³/mol. The van der Waals surface area contributed by atoms with Crippen LogP contribution in [0.5, 0.6) is 5.75 Å². The molecular formula is C19H26N4O. The number of aryl methyl sites for hydroxylation is 1. The van der Waals surface area contributed by atoms with Crippen LogP contribution in [-0.2, 0) is 6.54 Å². The third-order valence-electron chi connectivity index (χ3n) is 4.36. The molecule has 1 saturated heterocycles. The molecule has 5 heteroatoms. The first kappa shape index (κ1) is 16.6. The van der Waals surface area contributed by atoms with Gasteiger partial charge in [-0.05, 0) is 37.5 Å². The summed E-state index contributed by atoms with van der Waals surface area (Å²) < 4.78 is 5.19. The highest BCUT2D eigenvalue weighted by Gasteiger charge is 2.13. The molecule has 2 aromatic rings. The Hall–Kier alpha value is -2.30. The van der Waals surface area contributed by atoms with E-state index < -0.39 is 0 Å². The Morgan fingerprint density at radius 2 is 1.75 bits per heavy atom. The Morgan fingerprint density at radius 1 is 1.04 bits per heavy atom. The third-order valence-corrected chi connectivity index (χ3v) is 4.36. The molecule has 1 aliphatic heterocycles. The summed E-state index contributed by atoms with van der Waals surface area (Å²) in [5.74, 6) is 2.62. The van der Waals surface area contributed by atoms with Crippen molar-refractivity contribution in [1.82, 2.24) is 9.97 Å². The van der Waals surface area contributed by atoms with E-state index in [2.05, 4.69) is 27.3 Å². The Bertz CT molecular complexity index is 649. The van der Waals surface area contributed by atoms with Gasteiger partial charge in [0, 0.05) is 31.4 Å². The van der Waals surface area contributed by atoms with Crippen LogP contribution in [0.15, 0.2) is 30.3 Å². The number of anilines is 2. The van der Waals surface area contributed by atoms with E-state index in [1.54, 1.807) is 7.11 Å². The zero-order chi connectivity index (χ0) is 16.8. The second-order valence-corrected chi connectivity index (χ2v) is 6.30. The highest BCUT2D eigenvalue weighted by atomic mass is 16.5. The van der Waals surface area contributed by atoms with Gasteiger partial charge in [0.2, 0.25) is 5.95 Å². The van der Waals surface area contributed by atoms with E-state index >= 15 is 0 Å². The molecular weight excluding hydrogens is 300 g/mol. The number of nitrogens with one attached hydrogen (secondary N) is 1. The van der Waals surface area contributed by atoms with E-state index in [0.717, 1.165) is 42.8 Å². The van der Waals surface area contributed by atoms with Gasteiger partial charge >= 0.3 is 0 Å². The molecule has 3 rings (SSSR count). The molecule has 1 aromatic heterocycles. The van der Waals surface area contributed by atoms with Crippen LogP contribution in [0.1, 0.15) is 36.9 Å². The molecule has 1 aliphatic rings. The number of methoxy groups -OCH3 is 1. The molecule has 0 bridgehead atoms. The maximum Gasteiger partial charge on any atom is 0.227 e. The van der Waals surface area contributed by atoms with E-state index in [4.69, 9.17) is 9.72 Å². The van der Waals surface area contributed by atoms with Gasteiger partial charge in [-0.3, -0.25) is 0 Å². The molecule has 0 unspecified atom stereocenters. The van der Waals surface area contributed by atoms with Crippen molar-refractivity contribution >= 4 is 11.8 Å². The third kappa shape index (κ3) is 4.37.